The van der Waals surface area contributed by atoms with E-state index in [1.54, 1.807) is 18.2 Å². The summed E-state index contributed by atoms with van der Waals surface area (Å²) in [6.45, 7) is 0.370. The molecule has 23 heteroatoms. The van der Waals surface area contributed by atoms with E-state index in [2.05, 4.69) is 0 Å². The summed E-state index contributed by atoms with van der Waals surface area (Å²) in [5.41, 5.74) is 2.64. The lowest BCUT2D eigenvalue weighted by Crippen LogP contribution is -2.64. The van der Waals surface area contributed by atoms with Crippen LogP contribution in [0.15, 0.2) is 41.1 Å². The monoisotopic (exact) mass is 436 g/mol. The first-order valence-corrected chi connectivity index (χ1v) is 11.9. The summed E-state index contributed by atoms with van der Waals surface area (Å²) in [6.07, 6.45) is -4.50. The van der Waals surface area contributed by atoms with E-state index in [1.165, 1.54) is 0 Å². The molecule has 0 spiro atoms. The number of ether oxygens (including phenoxy) is 2. The zero-order valence-electron chi connectivity index (χ0n) is 20.3. The third-order valence-electron chi connectivity index (χ3n) is 6.85. The molecule has 36 heavy (non-hydrogen) atoms. The van der Waals surface area contributed by atoms with Gasteiger partial charge in [0.05, 0.1) is 6.61 Å². The van der Waals surface area contributed by atoms with Crippen LogP contribution in [0.2, 0.25) is 0 Å². The molecule has 1 aromatic carbocycles. The van der Waals surface area contributed by atoms with Crippen LogP contribution in [0.3, 0.4) is 0 Å². The normalized spacial score (nSPS) is 13.1. The van der Waals surface area contributed by atoms with E-state index in [-0.39, 0.29) is 32.6 Å². The van der Waals surface area contributed by atoms with Crippen molar-refractivity contribution in [3.63, 3.8) is 0 Å². The first-order valence-electron chi connectivity index (χ1n) is 11.9. The van der Waals surface area contributed by atoms with Gasteiger partial charge in [-0.25, -0.2) is 0 Å². The van der Waals surface area contributed by atoms with Crippen LogP contribution in [0, 0.1) is 0 Å². The van der Waals surface area contributed by atoms with E-state index in [0.717, 1.165) is 10.9 Å². The molecule has 0 amide bonds. The number of aliphatic hydroxyl groups excluding tert-OH is 1. The fraction of sp³-hybridized carbons (Fsp3) is 0.231. The van der Waals surface area contributed by atoms with Gasteiger partial charge in [-0.2, -0.15) is 0 Å². The van der Waals surface area contributed by atoms with Crippen molar-refractivity contribution in [2.75, 3.05) is 13.2 Å². The maximum absolute atomic E-state index is 9.68. The minimum absolute atomic E-state index is 0.0278. The Balaban J connectivity index is 1.56. The Morgan fingerprint density at radius 1 is 0.611 bits per heavy atom. The predicted molar refractivity (Wildman–Crippen MR) is 175 cm³/mol. The lowest BCUT2D eigenvalue weighted by atomic mass is 8.57. The molecule has 1 N–H and O–H groups in total. The maximum atomic E-state index is 9.68. The van der Waals surface area contributed by atoms with Crippen LogP contribution < -0.4 is 9.47 Å². The second-order valence-electron chi connectivity index (χ2n) is 9.70. The van der Waals surface area contributed by atoms with Crippen molar-refractivity contribution >= 4 is 142 Å². The van der Waals surface area contributed by atoms with Crippen LogP contribution in [0.25, 0.3) is 0 Å². The number of benzene rings is 1. The molecule has 0 unspecified atom stereocenters. The van der Waals surface area contributed by atoms with Gasteiger partial charge in [0.2, 0.25) is 0 Å². The Morgan fingerprint density at radius 2 is 1.00 bits per heavy atom. The van der Waals surface area contributed by atoms with Crippen molar-refractivity contribution in [1.82, 2.24) is 0 Å². The van der Waals surface area contributed by atoms with Gasteiger partial charge in [-0.05, 0) is 17.7 Å². The van der Waals surface area contributed by atoms with Crippen molar-refractivity contribution in [3.8, 4) is 11.5 Å². The Labute approximate surface area is 233 Å². The molecule has 3 rings (SSSR count). The number of rotatable bonds is 15. The van der Waals surface area contributed by atoms with E-state index in [0.29, 0.717) is 30.3 Å². The minimum Gasteiger partial charge on any atom is -0.490 e. The fourth-order valence-corrected chi connectivity index (χ4v) is 4.58. The Morgan fingerprint density at radius 3 is 1.31 bits per heavy atom. The molecule has 0 saturated carbocycles. The Kier molecular flexibility index (Phi) is 10.9. The topological polar surface area (TPSA) is 38.7 Å². The summed E-state index contributed by atoms with van der Waals surface area (Å²) >= 11 is 0. The fourth-order valence-electron chi connectivity index (χ4n) is 4.58. The van der Waals surface area contributed by atoms with Gasteiger partial charge in [-0.15, -0.1) is 12.0 Å². The number of hydrogen-bond acceptors (Lipinski definition) is 3. The molecular weight excluding hydrogens is 420 g/mol. The predicted octanol–water partition coefficient (Wildman–Crippen LogP) is -5.80. The van der Waals surface area contributed by atoms with Crippen molar-refractivity contribution in [3.05, 3.63) is 46.7 Å². The number of hydrogen-bond donors (Lipinski definition) is 1. The van der Waals surface area contributed by atoms with Crippen molar-refractivity contribution < 1.29 is 14.6 Å². The Hall–Kier alpha value is -0.441. The lowest BCUT2D eigenvalue weighted by molar-refractivity contribution is 0.278. The van der Waals surface area contributed by atoms with Crippen LogP contribution in [0.1, 0.15) is 5.56 Å². The summed E-state index contributed by atoms with van der Waals surface area (Å²) in [5.74, 6) is 5.05. The van der Waals surface area contributed by atoms with Crippen molar-refractivity contribution in [2.45, 2.75) is 6.61 Å². The van der Waals surface area contributed by atoms with Crippen LogP contribution in [-0.2, 0) is 6.61 Å². The minimum atomic E-state index is -0.735. The second-order valence-corrected chi connectivity index (χ2v) is 9.70. The van der Waals surface area contributed by atoms with Gasteiger partial charge >= 0.3 is 0 Å². The highest BCUT2D eigenvalue weighted by atomic mass is 16.5. The molecule has 0 aromatic heterocycles. The molecular formula is C13H12B20O3. The van der Waals surface area contributed by atoms with E-state index >= 15 is 0 Å². The van der Waals surface area contributed by atoms with E-state index in [4.69, 9.17) is 86.8 Å². The zero-order valence-corrected chi connectivity index (χ0v) is 20.3. The molecule has 0 bridgehead atoms. The third kappa shape index (κ3) is 7.79. The van der Waals surface area contributed by atoms with Gasteiger partial charge < -0.3 is 14.6 Å². The van der Waals surface area contributed by atoms with E-state index in [9.17, 15) is 5.11 Å². The largest absolute Gasteiger partial charge is 0.490 e. The SMILES string of the molecule is [B]B([B])B([B])B(B([B])[B])B1C=C1COc1cc(CO)cc(OCC2=CB2B(B([B])[B])B([B])B([B])[B])c1. The molecule has 2 aliphatic heterocycles. The quantitative estimate of drug-likeness (QED) is 0.281. The molecule has 0 atom stereocenters. The summed E-state index contributed by atoms with van der Waals surface area (Å²) in [7, 11) is 58.8. The molecule has 20 radical (unpaired) electrons. The van der Waals surface area contributed by atoms with Gasteiger partial charge in [0, 0.05) is 135 Å². The summed E-state index contributed by atoms with van der Waals surface area (Å²) in [6, 6.07) is 5.22. The Bertz CT molecular complexity index is 885. The first kappa shape index (κ1) is 30.1. The number of aliphatic hydroxyl groups is 1. The van der Waals surface area contributed by atoms with Crippen LogP contribution >= 0.6 is 0 Å². The molecule has 0 fully saturated rings. The highest BCUT2D eigenvalue weighted by molar-refractivity contribution is 8.02. The molecule has 2 aliphatic rings. The van der Waals surface area contributed by atoms with Gasteiger partial charge in [0.25, 0.3) is 0 Å². The smallest absolute Gasteiger partial charge is 0.148 e. The van der Waals surface area contributed by atoms with Gasteiger partial charge in [-0.3, -0.25) is 0 Å². The van der Waals surface area contributed by atoms with Crippen LogP contribution in [0.4, 0.5) is 0 Å². The second kappa shape index (κ2) is 13.1. The van der Waals surface area contributed by atoms with Crippen LogP contribution in [-0.4, -0.2) is 160 Å². The highest BCUT2D eigenvalue weighted by Crippen LogP contribution is 2.29. The van der Waals surface area contributed by atoms with Gasteiger partial charge in [-0.1, -0.05) is 10.9 Å². The first-order chi connectivity index (χ1) is 16.9. The molecule has 3 nitrogen and oxygen atoms in total. The zero-order chi connectivity index (χ0) is 26.7. The molecule has 142 valence electrons. The van der Waals surface area contributed by atoms with E-state index < -0.39 is 38.3 Å². The van der Waals surface area contributed by atoms with Crippen molar-refractivity contribution in [1.29, 1.82) is 0 Å². The molecule has 1 aromatic rings. The average molecular weight is 432 g/mol. The lowest BCUT2D eigenvalue weighted by Gasteiger charge is -2.26. The van der Waals surface area contributed by atoms with E-state index in [1.807, 2.05) is 12.0 Å². The summed E-state index contributed by atoms with van der Waals surface area (Å²) in [4.78, 5) is 0. The standard InChI is InChI=1S/C13H12B20O3/c14-26(15)30(22)32(28(18)19)24-4-10(24)7-35-12-1-9(6-34)2-13(3-12)36-8-11-5-25(11)33(29(20)21)31(23)27(16)17/h1-5,34H,6-8H2. The van der Waals surface area contributed by atoms with Gasteiger partial charge in [0.1, 0.15) is 37.9 Å². The molecule has 2 heterocycles. The maximum Gasteiger partial charge on any atom is 0.148 e. The molecule has 0 saturated heterocycles. The highest BCUT2D eigenvalue weighted by Gasteiger charge is 2.44. The van der Waals surface area contributed by atoms with Crippen LogP contribution in [0.5, 0.6) is 11.5 Å². The van der Waals surface area contributed by atoms with Gasteiger partial charge in [0.15, 0.2) is 0 Å². The average Bonchev–Trinajstić information content (AvgIpc) is 3.73. The molecule has 0 aliphatic carbocycles. The summed E-state index contributed by atoms with van der Waals surface area (Å²) in [5, 5.41) is 9.68. The summed E-state index contributed by atoms with van der Waals surface area (Å²) < 4.78 is 11.9. The van der Waals surface area contributed by atoms with Crippen molar-refractivity contribution in [2.24, 2.45) is 0 Å². The third-order valence-corrected chi connectivity index (χ3v) is 6.85.